The van der Waals surface area contributed by atoms with Gasteiger partial charge in [-0.25, -0.2) is 8.42 Å². The average Bonchev–Trinajstić information content (AvgIpc) is 2.73. The van der Waals surface area contributed by atoms with Crippen molar-refractivity contribution < 1.29 is 18.3 Å². The van der Waals surface area contributed by atoms with Crippen LogP contribution in [0.1, 0.15) is 36.5 Å². The molecule has 1 unspecified atom stereocenters. The third kappa shape index (κ3) is 5.19. The van der Waals surface area contributed by atoms with E-state index in [0.29, 0.717) is 13.1 Å². The van der Waals surface area contributed by atoms with Crippen LogP contribution in [0.25, 0.3) is 0 Å². The number of hydrogen-bond donors (Lipinski definition) is 2. The molecule has 7 heteroatoms. The molecule has 0 aliphatic carbocycles. The molecule has 0 aromatic heterocycles. The molecular weight excluding hydrogens is 376 g/mol. The lowest BCUT2D eigenvalue weighted by Crippen LogP contribution is -2.35. The Kier molecular flexibility index (Phi) is 6.83. The fourth-order valence-corrected chi connectivity index (χ4v) is 4.80. The summed E-state index contributed by atoms with van der Waals surface area (Å²) in [6.07, 6.45) is 2.23. The van der Waals surface area contributed by atoms with Gasteiger partial charge in [0.1, 0.15) is 0 Å². The molecule has 1 heterocycles. The summed E-state index contributed by atoms with van der Waals surface area (Å²) in [5.74, 6) is -0.221. The molecule has 1 saturated heterocycles. The first-order valence-electron chi connectivity index (χ1n) is 9.55. The number of nitrogens with zero attached hydrogens (tertiary/aromatic N) is 1. The predicted molar refractivity (Wildman–Crippen MR) is 107 cm³/mol. The number of nitrogens with one attached hydrogen (secondary N) is 1. The molecule has 0 bridgehead atoms. The van der Waals surface area contributed by atoms with Crippen LogP contribution < -0.4 is 5.32 Å². The highest BCUT2D eigenvalue weighted by molar-refractivity contribution is 7.89. The summed E-state index contributed by atoms with van der Waals surface area (Å²) in [7, 11) is -3.46. The molecule has 1 aliphatic heterocycles. The van der Waals surface area contributed by atoms with E-state index in [9.17, 15) is 18.3 Å². The van der Waals surface area contributed by atoms with Crippen molar-refractivity contribution >= 4 is 15.9 Å². The highest BCUT2D eigenvalue weighted by Crippen LogP contribution is 2.21. The molecule has 3 rings (SSSR count). The number of aliphatic hydroxyl groups excluding tert-OH is 1. The van der Waals surface area contributed by atoms with Crippen molar-refractivity contribution in [2.24, 2.45) is 0 Å². The number of hydrogen-bond acceptors (Lipinski definition) is 4. The molecule has 0 spiro atoms. The van der Waals surface area contributed by atoms with Crippen molar-refractivity contribution in [1.82, 2.24) is 9.62 Å². The third-order valence-corrected chi connectivity index (χ3v) is 6.83. The van der Waals surface area contributed by atoms with Crippen molar-refractivity contribution in [3.8, 4) is 0 Å². The molecular formula is C21H26N2O4S. The number of rotatable bonds is 7. The number of sulfonamides is 1. The second-order valence-electron chi connectivity index (χ2n) is 7.02. The fourth-order valence-electron chi connectivity index (χ4n) is 3.29. The Morgan fingerprint density at radius 1 is 1.00 bits per heavy atom. The summed E-state index contributed by atoms with van der Waals surface area (Å²) >= 11 is 0. The summed E-state index contributed by atoms with van der Waals surface area (Å²) in [6.45, 7) is 1.26. The van der Waals surface area contributed by atoms with E-state index in [1.54, 1.807) is 36.4 Å². The summed E-state index contributed by atoms with van der Waals surface area (Å²) < 4.78 is 26.8. The third-order valence-electron chi connectivity index (χ3n) is 4.92. The van der Waals surface area contributed by atoms with Crippen LogP contribution in [0, 0.1) is 0 Å². The summed E-state index contributed by atoms with van der Waals surface area (Å²) in [6, 6.07) is 15.6. The molecule has 1 amide bonds. The van der Waals surface area contributed by atoms with Gasteiger partial charge in [0, 0.05) is 19.6 Å². The van der Waals surface area contributed by atoms with E-state index < -0.39 is 16.1 Å². The van der Waals surface area contributed by atoms with Crippen LogP contribution in [0.15, 0.2) is 59.5 Å². The summed E-state index contributed by atoms with van der Waals surface area (Å²) in [5, 5.41) is 12.8. The van der Waals surface area contributed by atoms with E-state index in [1.165, 1.54) is 4.31 Å². The zero-order chi connectivity index (χ0) is 20.0. The molecule has 1 fully saturated rings. The highest BCUT2D eigenvalue weighted by atomic mass is 32.2. The van der Waals surface area contributed by atoms with Gasteiger partial charge in [0.2, 0.25) is 15.9 Å². The molecule has 150 valence electrons. The van der Waals surface area contributed by atoms with E-state index in [-0.39, 0.29) is 23.8 Å². The van der Waals surface area contributed by atoms with Crippen LogP contribution in [-0.2, 0) is 21.2 Å². The Labute approximate surface area is 166 Å². The Hall–Kier alpha value is -2.22. The SMILES string of the molecule is O=C(Cc1ccc(S(=O)(=O)N2CCCCC2)cc1)NCC(O)c1ccccc1. The first-order valence-corrected chi connectivity index (χ1v) is 11.0. The first-order chi connectivity index (χ1) is 13.5. The monoisotopic (exact) mass is 402 g/mol. The smallest absolute Gasteiger partial charge is 0.243 e. The van der Waals surface area contributed by atoms with E-state index >= 15 is 0 Å². The van der Waals surface area contributed by atoms with Gasteiger partial charge in [-0.2, -0.15) is 4.31 Å². The van der Waals surface area contributed by atoms with Crippen molar-refractivity contribution in [1.29, 1.82) is 0 Å². The minimum atomic E-state index is -3.46. The van der Waals surface area contributed by atoms with Crippen molar-refractivity contribution in [2.45, 2.75) is 36.7 Å². The van der Waals surface area contributed by atoms with Gasteiger partial charge in [0.25, 0.3) is 0 Å². The van der Waals surface area contributed by atoms with Gasteiger partial charge in [0.15, 0.2) is 0 Å². The molecule has 2 aromatic rings. The van der Waals surface area contributed by atoms with Gasteiger partial charge in [0.05, 0.1) is 17.4 Å². The maximum absolute atomic E-state index is 12.7. The Bertz CT molecular complexity index is 876. The standard InChI is InChI=1S/C21H26N2O4S/c24-20(18-7-3-1-4-8-18)16-22-21(25)15-17-9-11-19(12-10-17)28(26,27)23-13-5-2-6-14-23/h1,3-4,7-12,20,24H,2,5-6,13-16H2,(H,22,25). The van der Waals surface area contributed by atoms with Crippen molar-refractivity contribution in [3.05, 3.63) is 65.7 Å². The zero-order valence-electron chi connectivity index (χ0n) is 15.8. The number of amides is 1. The number of carbonyl (C=O) groups is 1. The number of piperidine rings is 1. The van der Waals surface area contributed by atoms with E-state index in [2.05, 4.69) is 5.32 Å². The van der Waals surface area contributed by atoms with Crippen LogP contribution >= 0.6 is 0 Å². The first kappa shape index (κ1) is 20.5. The topological polar surface area (TPSA) is 86.7 Å². The average molecular weight is 403 g/mol. The van der Waals surface area contributed by atoms with Crippen LogP contribution in [0.5, 0.6) is 0 Å². The van der Waals surface area contributed by atoms with Crippen LogP contribution in [0.3, 0.4) is 0 Å². The molecule has 28 heavy (non-hydrogen) atoms. The maximum atomic E-state index is 12.7. The minimum absolute atomic E-state index is 0.129. The lowest BCUT2D eigenvalue weighted by Gasteiger charge is -2.25. The fraction of sp³-hybridized carbons (Fsp3) is 0.381. The highest BCUT2D eigenvalue weighted by Gasteiger charge is 2.25. The minimum Gasteiger partial charge on any atom is -0.387 e. The van der Waals surface area contributed by atoms with E-state index in [0.717, 1.165) is 30.4 Å². The quantitative estimate of drug-likeness (QED) is 0.744. The molecule has 6 nitrogen and oxygen atoms in total. The Morgan fingerprint density at radius 2 is 1.64 bits per heavy atom. The number of carbonyl (C=O) groups excluding carboxylic acids is 1. The van der Waals surface area contributed by atoms with Crippen LogP contribution in [-0.4, -0.2) is 43.4 Å². The van der Waals surface area contributed by atoms with Crippen molar-refractivity contribution in [2.75, 3.05) is 19.6 Å². The van der Waals surface area contributed by atoms with Gasteiger partial charge < -0.3 is 10.4 Å². The van der Waals surface area contributed by atoms with Crippen LogP contribution in [0.4, 0.5) is 0 Å². The normalized spacial score (nSPS) is 16.5. The van der Waals surface area contributed by atoms with Gasteiger partial charge in [-0.1, -0.05) is 48.9 Å². The second kappa shape index (κ2) is 9.32. The number of benzene rings is 2. The van der Waals surface area contributed by atoms with Gasteiger partial charge >= 0.3 is 0 Å². The van der Waals surface area contributed by atoms with Gasteiger partial charge in [-0.15, -0.1) is 0 Å². The summed E-state index contributed by atoms with van der Waals surface area (Å²) in [5.41, 5.74) is 1.47. The number of aliphatic hydroxyl groups is 1. The molecule has 1 aliphatic rings. The Balaban J connectivity index is 1.54. The van der Waals surface area contributed by atoms with Gasteiger partial charge in [-0.05, 0) is 36.1 Å². The molecule has 2 aromatic carbocycles. The van der Waals surface area contributed by atoms with E-state index in [1.807, 2.05) is 18.2 Å². The molecule has 2 N–H and O–H groups in total. The molecule has 0 saturated carbocycles. The predicted octanol–water partition coefficient (Wildman–Crippen LogP) is 2.25. The van der Waals surface area contributed by atoms with Crippen LogP contribution in [0.2, 0.25) is 0 Å². The second-order valence-corrected chi connectivity index (χ2v) is 8.95. The lowest BCUT2D eigenvalue weighted by molar-refractivity contribution is -0.120. The largest absolute Gasteiger partial charge is 0.387 e. The van der Waals surface area contributed by atoms with Gasteiger partial charge in [-0.3, -0.25) is 4.79 Å². The van der Waals surface area contributed by atoms with E-state index in [4.69, 9.17) is 0 Å². The lowest BCUT2D eigenvalue weighted by atomic mass is 10.1. The molecule has 0 radical (unpaired) electrons. The van der Waals surface area contributed by atoms with Crippen molar-refractivity contribution in [3.63, 3.8) is 0 Å². The Morgan fingerprint density at radius 3 is 2.29 bits per heavy atom. The zero-order valence-corrected chi connectivity index (χ0v) is 16.6. The maximum Gasteiger partial charge on any atom is 0.243 e. The summed E-state index contributed by atoms with van der Waals surface area (Å²) in [4.78, 5) is 12.4. The molecule has 1 atom stereocenters.